The van der Waals surface area contributed by atoms with Gasteiger partial charge in [0.25, 0.3) is 5.91 Å². The van der Waals surface area contributed by atoms with Gasteiger partial charge in [0.15, 0.2) is 0 Å². The number of amides is 3. The van der Waals surface area contributed by atoms with E-state index in [0.717, 1.165) is 22.4 Å². The SMILES string of the molecule is Cc1ccc(C)c(N2C/C=C\CCC(=O)OC[C@@H](c3ccccc3)NC(=O)[C@@H]3[C@@H]4C=C[C@]5(O4)[C@H](C2=O)N(CCCCCO)C(=O)[C@@H]35)c1. The molecule has 0 aromatic heterocycles. The molecular weight excluding hydrogens is 598 g/mol. The van der Waals surface area contributed by atoms with E-state index >= 15 is 0 Å². The number of aliphatic hydroxyl groups excluding tert-OH is 1. The Kier molecular flexibility index (Phi) is 9.61. The highest BCUT2D eigenvalue weighted by Gasteiger charge is 2.73. The lowest BCUT2D eigenvalue weighted by Crippen LogP contribution is -2.56. The average Bonchev–Trinajstić information content (AvgIpc) is 3.71. The highest BCUT2D eigenvalue weighted by molar-refractivity contribution is 6.06. The molecule has 4 aliphatic rings. The molecule has 10 heteroatoms. The Morgan fingerprint density at radius 1 is 0.979 bits per heavy atom. The van der Waals surface area contributed by atoms with Crippen LogP contribution in [0.1, 0.15) is 54.8 Å². The normalized spacial score (nSPS) is 30.0. The zero-order valence-corrected chi connectivity index (χ0v) is 27.0. The largest absolute Gasteiger partial charge is 0.463 e. The van der Waals surface area contributed by atoms with Crippen LogP contribution in [0.4, 0.5) is 5.69 Å². The molecule has 3 amide bonds. The molecule has 5 bridgehead atoms. The van der Waals surface area contributed by atoms with Gasteiger partial charge in [-0.3, -0.25) is 19.2 Å². The molecule has 1 spiro atoms. The molecule has 2 aromatic carbocycles. The second-order valence-corrected chi connectivity index (χ2v) is 12.9. The number of unbranched alkanes of at least 4 members (excludes halogenated alkanes) is 2. The molecule has 2 aromatic rings. The maximum Gasteiger partial charge on any atom is 0.306 e. The van der Waals surface area contributed by atoms with Gasteiger partial charge in [-0.1, -0.05) is 66.8 Å². The molecule has 6 atom stereocenters. The van der Waals surface area contributed by atoms with Crippen LogP contribution in [0.3, 0.4) is 0 Å². The van der Waals surface area contributed by atoms with Gasteiger partial charge < -0.3 is 29.7 Å². The summed E-state index contributed by atoms with van der Waals surface area (Å²) in [5.74, 6) is -3.16. The smallest absolute Gasteiger partial charge is 0.306 e. The molecule has 0 radical (unpaired) electrons. The van der Waals surface area contributed by atoms with Crippen molar-refractivity contribution in [3.63, 3.8) is 0 Å². The lowest BCUT2D eigenvalue weighted by atomic mass is 9.74. The lowest BCUT2D eigenvalue weighted by Gasteiger charge is -2.36. The van der Waals surface area contributed by atoms with Crippen LogP contribution in [-0.2, 0) is 28.7 Å². The van der Waals surface area contributed by atoms with E-state index < -0.39 is 47.5 Å². The first-order chi connectivity index (χ1) is 22.7. The third-order valence-corrected chi connectivity index (χ3v) is 9.79. The van der Waals surface area contributed by atoms with Gasteiger partial charge in [0, 0.05) is 31.8 Å². The fourth-order valence-electron chi connectivity index (χ4n) is 7.45. The zero-order chi connectivity index (χ0) is 33.1. The fourth-order valence-corrected chi connectivity index (χ4v) is 7.45. The van der Waals surface area contributed by atoms with E-state index in [-0.39, 0.29) is 38.0 Å². The number of allylic oxidation sites excluding steroid dienone is 1. The van der Waals surface area contributed by atoms with Crippen molar-refractivity contribution in [2.24, 2.45) is 11.8 Å². The number of nitrogens with zero attached hydrogens (tertiary/aromatic N) is 2. The Hall–Kier alpha value is -4.28. The molecule has 4 heterocycles. The van der Waals surface area contributed by atoms with Crippen LogP contribution in [-0.4, -0.2) is 77.7 Å². The van der Waals surface area contributed by atoms with Crippen LogP contribution in [0.15, 0.2) is 72.8 Å². The number of nitrogens with one attached hydrogen (secondary N) is 1. The summed E-state index contributed by atoms with van der Waals surface area (Å²) in [5, 5.41) is 12.4. The Bertz CT molecular complexity index is 1570. The summed E-state index contributed by atoms with van der Waals surface area (Å²) in [5.41, 5.74) is 2.05. The van der Waals surface area contributed by atoms with Crippen LogP contribution in [0.2, 0.25) is 0 Å². The second kappa shape index (κ2) is 13.8. The molecule has 6 rings (SSSR count). The van der Waals surface area contributed by atoms with Gasteiger partial charge in [-0.15, -0.1) is 0 Å². The first kappa shape index (κ1) is 32.7. The Morgan fingerprint density at radius 2 is 1.79 bits per heavy atom. The van der Waals surface area contributed by atoms with Crippen molar-refractivity contribution in [3.8, 4) is 0 Å². The summed E-state index contributed by atoms with van der Waals surface area (Å²) < 4.78 is 12.2. The van der Waals surface area contributed by atoms with Crippen molar-refractivity contribution < 1.29 is 33.8 Å². The van der Waals surface area contributed by atoms with Crippen LogP contribution < -0.4 is 10.2 Å². The highest BCUT2D eigenvalue weighted by Crippen LogP contribution is 2.55. The fraction of sp³-hybridized carbons (Fsp3) is 0.459. The summed E-state index contributed by atoms with van der Waals surface area (Å²) in [6.07, 6.45) is 9.09. The minimum absolute atomic E-state index is 0.0449. The maximum atomic E-state index is 15.0. The van der Waals surface area contributed by atoms with E-state index in [0.29, 0.717) is 32.2 Å². The number of cyclic esters (lactones) is 1. The third-order valence-electron chi connectivity index (χ3n) is 9.79. The van der Waals surface area contributed by atoms with Crippen LogP contribution in [0, 0.1) is 25.7 Å². The zero-order valence-electron chi connectivity index (χ0n) is 27.0. The maximum absolute atomic E-state index is 15.0. The van der Waals surface area contributed by atoms with Crippen LogP contribution >= 0.6 is 0 Å². The minimum Gasteiger partial charge on any atom is -0.463 e. The van der Waals surface area contributed by atoms with E-state index in [4.69, 9.17) is 9.47 Å². The average molecular weight is 642 g/mol. The molecule has 47 heavy (non-hydrogen) atoms. The number of ether oxygens (including phenoxy) is 2. The molecular formula is C37H43N3O7. The van der Waals surface area contributed by atoms with Gasteiger partial charge in [0.05, 0.1) is 24.0 Å². The van der Waals surface area contributed by atoms with Crippen molar-refractivity contribution in [3.05, 3.63) is 89.5 Å². The van der Waals surface area contributed by atoms with Gasteiger partial charge in [-0.05, 0) is 62.3 Å². The standard InChI is InChI=1S/C37H43N3O7/c1-24-15-16-25(2)28(22-24)39-19-9-4-8-14-30(42)46-23-27(26-12-6-3-7-13-26)38-34(43)31-29-17-18-37(47-29)32(31)35(44)40(33(37)36(39)45)20-10-5-11-21-41/h3-4,6-7,9,12-13,15-18,22,27,29,31-33,41H,5,8,10-11,14,19-21,23H2,1-2H3,(H,38,43)/b9-4-/t27-,29-,31+,32+,33-,37+/m0/s1. The molecule has 2 fully saturated rings. The summed E-state index contributed by atoms with van der Waals surface area (Å²) in [6, 6.07) is 13.6. The monoisotopic (exact) mass is 641 g/mol. The van der Waals surface area contributed by atoms with Gasteiger partial charge in [0.1, 0.15) is 18.2 Å². The number of likely N-dealkylation sites (tertiary alicyclic amines) is 1. The van der Waals surface area contributed by atoms with Crippen molar-refractivity contribution in [1.29, 1.82) is 0 Å². The summed E-state index contributed by atoms with van der Waals surface area (Å²) in [6.45, 7) is 4.40. The predicted molar refractivity (Wildman–Crippen MR) is 175 cm³/mol. The van der Waals surface area contributed by atoms with Gasteiger partial charge >= 0.3 is 5.97 Å². The summed E-state index contributed by atoms with van der Waals surface area (Å²) in [4.78, 5) is 59.7. The third kappa shape index (κ3) is 6.24. The number of carbonyl (C=O) groups excluding carboxylic acids is 4. The number of anilines is 1. The van der Waals surface area contributed by atoms with E-state index in [1.54, 1.807) is 15.9 Å². The van der Waals surface area contributed by atoms with Gasteiger partial charge in [-0.25, -0.2) is 0 Å². The number of esters is 1. The summed E-state index contributed by atoms with van der Waals surface area (Å²) >= 11 is 0. The number of aryl methyl sites for hydroxylation is 2. The Morgan fingerprint density at radius 3 is 2.57 bits per heavy atom. The second-order valence-electron chi connectivity index (χ2n) is 12.9. The molecule has 4 aliphatic heterocycles. The summed E-state index contributed by atoms with van der Waals surface area (Å²) in [7, 11) is 0. The van der Waals surface area contributed by atoms with Crippen molar-refractivity contribution in [1.82, 2.24) is 10.2 Å². The topological polar surface area (TPSA) is 125 Å². The number of hydrogen-bond donors (Lipinski definition) is 2. The van der Waals surface area contributed by atoms with E-state index in [1.165, 1.54) is 0 Å². The van der Waals surface area contributed by atoms with E-state index in [2.05, 4.69) is 5.32 Å². The van der Waals surface area contributed by atoms with Crippen LogP contribution in [0.25, 0.3) is 0 Å². The molecule has 2 saturated heterocycles. The predicted octanol–water partition coefficient (Wildman–Crippen LogP) is 3.70. The minimum atomic E-state index is -1.32. The first-order valence-corrected chi connectivity index (χ1v) is 16.6. The van der Waals surface area contributed by atoms with Crippen molar-refractivity contribution in [2.75, 3.05) is 31.2 Å². The number of aliphatic hydroxyl groups is 1. The molecule has 0 saturated carbocycles. The van der Waals surface area contributed by atoms with Crippen molar-refractivity contribution >= 4 is 29.4 Å². The lowest BCUT2D eigenvalue weighted by molar-refractivity contribution is -0.145. The number of hydrogen-bond acceptors (Lipinski definition) is 7. The van der Waals surface area contributed by atoms with E-state index in [9.17, 15) is 24.3 Å². The highest BCUT2D eigenvalue weighted by atomic mass is 16.5. The van der Waals surface area contributed by atoms with E-state index in [1.807, 2.05) is 80.6 Å². The van der Waals surface area contributed by atoms with Gasteiger partial charge in [0.2, 0.25) is 11.8 Å². The molecule has 248 valence electrons. The van der Waals surface area contributed by atoms with Gasteiger partial charge in [-0.2, -0.15) is 0 Å². The Labute approximate surface area is 275 Å². The molecule has 2 N–H and O–H groups in total. The molecule has 0 aliphatic carbocycles. The first-order valence-electron chi connectivity index (χ1n) is 16.6. The number of carbonyl (C=O) groups is 4. The molecule has 10 nitrogen and oxygen atoms in total. The number of rotatable bonds is 7. The number of fused-ring (bicyclic) bond motifs is 2. The Balaban J connectivity index is 1.43. The van der Waals surface area contributed by atoms with Crippen LogP contribution in [0.5, 0.6) is 0 Å². The van der Waals surface area contributed by atoms with Crippen molar-refractivity contribution in [2.45, 2.75) is 69.7 Å². The number of benzene rings is 2. The quantitative estimate of drug-likeness (QED) is 0.268. The molecule has 0 unspecified atom stereocenters.